The third kappa shape index (κ3) is 73.4. The van der Waals surface area contributed by atoms with Gasteiger partial charge in [0.1, 0.15) is 13.2 Å². The summed E-state index contributed by atoms with van der Waals surface area (Å²) in [6.07, 6.45) is 108. The molecule has 0 bridgehead atoms. The SMILES string of the molecule is CC/C=C\C/C=C\C/C=C\C/C=C\C/C=C\C/C=C\C/C=C\C/C=C\CCCCCCCCCCCCCCC(=O)OC(COC(=O)CCCCCCCC/C=C\C/C=C\C/C=C\C/C=C\C/C=C\C/C=C\C/C=C\C/C=C\CC)COC(OCC[N+](C)(C)C)C(=O)O. The number of unbranched alkanes of at least 4 members (excludes halogenated alkanes) is 18. The lowest BCUT2D eigenvalue weighted by Gasteiger charge is -2.25. The number of aliphatic carboxylic acids is 1. The van der Waals surface area contributed by atoms with E-state index in [1.54, 1.807) is 0 Å². The first kappa shape index (κ1) is 87.1. The Balaban J connectivity index is 4.20. The summed E-state index contributed by atoms with van der Waals surface area (Å²) in [4.78, 5) is 37.7. The minimum atomic E-state index is -1.53. The standard InChI is InChI=1S/C84H133NO8/c1-6-8-10-12-14-16-18-20-22-24-26-28-30-32-34-36-38-39-40-41-42-43-45-47-49-51-53-55-57-59-61-63-65-67-69-71-73-75-82(87)93-80(79-92-84(83(88)89)90-77-76-85(3,4)5)78-91-81(86)74-72-70-68-66-64-62-60-58-56-54-52-50-48-46-44-37-35-33-31-29-27-25-23-21-19-17-15-13-11-9-7-2/h8-11,14-17,20-23,26-29,32-35,38-39,41-42,44-47,50,52,56,58,80,84H,6-7,12-13,18-19,24-25,30-31,36-37,40,43,48-49,51,53-55,57,59-79H2,1-5H3/p+1/b10-8-,11-9-,16-14-,17-15-,22-20-,23-21-,28-26-,29-27-,34-32-,35-33-,39-38-,42-41-,46-44-,47-45-,52-50-,58-56-. The molecule has 0 aromatic carbocycles. The summed E-state index contributed by atoms with van der Waals surface area (Å²) in [6.45, 7) is 4.61. The van der Waals surface area contributed by atoms with Gasteiger partial charge in [-0.2, -0.15) is 0 Å². The first-order valence-corrected chi connectivity index (χ1v) is 36.6. The molecule has 0 radical (unpaired) electrons. The van der Waals surface area contributed by atoms with E-state index >= 15 is 0 Å². The van der Waals surface area contributed by atoms with Gasteiger partial charge in [0.2, 0.25) is 0 Å². The Morgan fingerprint density at radius 2 is 0.581 bits per heavy atom. The predicted molar refractivity (Wildman–Crippen MR) is 400 cm³/mol. The molecule has 0 aliphatic rings. The van der Waals surface area contributed by atoms with Gasteiger partial charge in [0.25, 0.3) is 6.29 Å². The highest BCUT2D eigenvalue weighted by Crippen LogP contribution is 2.16. The van der Waals surface area contributed by atoms with E-state index in [4.69, 9.17) is 18.9 Å². The Hall–Kier alpha value is -5.87. The second-order valence-electron chi connectivity index (χ2n) is 24.8. The number of quaternary nitrogens is 1. The highest BCUT2D eigenvalue weighted by atomic mass is 16.7. The number of allylic oxidation sites excluding steroid dienone is 32. The molecule has 0 amide bonds. The minimum absolute atomic E-state index is 0.175. The zero-order chi connectivity index (χ0) is 67.5. The fourth-order valence-electron chi connectivity index (χ4n) is 9.34. The van der Waals surface area contributed by atoms with E-state index in [0.717, 1.165) is 173 Å². The molecule has 1 N–H and O–H groups in total. The van der Waals surface area contributed by atoms with E-state index in [2.05, 4.69) is 208 Å². The summed E-state index contributed by atoms with van der Waals surface area (Å²) in [5.74, 6) is -2.04. The molecular weight excluding hydrogens is 1150 g/mol. The van der Waals surface area contributed by atoms with Gasteiger partial charge in [-0.25, -0.2) is 4.79 Å². The van der Waals surface area contributed by atoms with Gasteiger partial charge in [-0.1, -0.05) is 298 Å². The second-order valence-corrected chi connectivity index (χ2v) is 24.8. The maximum atomic E-state index is 13.0. The topological polar surface area (TPSA) is 108 Å². The van der Waals surface area contributed by atoms with Crippen LogP contribution in [0.25, 0.3) is 0 Å². The van der Waals surface area contributed by atoms with Crippen LogP contribution in [-0.2, 0) is 33.3 Å². The van der Waals surface area contributed by atoms with Crippen molar-refractivity contribution in [3.8, 4) is 0 Å². The predicted octanol–water partition coefficient (Wildman–Crippen LogP) is 23.4. The van der Waals surface area contributed by atoms with Crippen molar-refractivity contribution in [1.29, 1.82) is 0 Å². The van der Waals surface area contributed by atoms with Gasteiger partial charge < -0.3 is 28.5 Å². The van der Waals surface area contributed by atoms with Gasteiger partial charge in [0.05, 0.1) is 34.4 Å². The number of likely N-dealkylation sites (N-methyl/N-ethyl adjacent to an activating group) is 1. The lowest BCUT2D eigenvalue weighted by Crippen LogP contribution is -2.40. The zero-order valence-electron chi connectivity index (χ0n) is 59.6. The van der Waals surface area contributed by atoms with E-state index < -0.39 is 24.3 Å². The van der Waals surface area contributed by atoms with Crippen LogP contribution in [0.1, 0.15) is 258 Å². The third-order valence-electron chi connectivity index (χ3n) is 14.8. The molecule has 0 aromatic rings. The molecule has 522 valence electrons. The van der Waals surface area contributed by atoms with Crippen LogP contribution in [0.4, 0.5) is 0 Å². The average Bonchev–Trinajstić information content (AvgIpc) is 3.73. The Morgan fingerprint density at radius 1 is 0.323 bits per heavy atom. The van der Waals surface area contributed by atoms with E-state index in [-0.39, 0.29) is 38.6 Å². The molecule has 0 aliphatic carbocycles. The van der Waals surface area contributed by atoms with Crippen molar-refractivity contribution < 1.29 is 42.9 Å². The van der Waals surface area contributed by atoms with Crippen molar-refractivity contribution in [3.05, 3.63) is 194 Å². The van der Waals surface area contributed by atoms with Gasteiger partial charge in [0.15, 0.2) is 6.10 Å². The Labute approximate surface area is 570 Å². The van der Waals surface area contributed by atoms with E-state index in [0.29, 0.717) is 17.4 Å². The van der Waals surface area contributed by atoms with Gasteiger partial charge in [0, 0.05) is 12.8 Å². The normalized spacial score (nSPS) is 13.9. The molecule has 0 aromatic heterocycles. The summed E-state index contributed by atoms with van der Waals surface area (Å²) >= 11 is 0. The van der Waals surface area contributed by atoms with Crippen molar-refractivity contribution in [3.63, 3.8) is 0 Å². The van der Waals surface area contributed by atoms with Gasteiger partial charge >= 0.3 is 17.9 Å². The number of hydrogen-bond acceptors (Lipinski definition) is 7. The van der Waals surface area contributed by atoms with Crippen molar-refractivity contribution in [2.45, 2.75) is 270 Å². The van der Waals surface area contributed by atoms with Crippen LogP contribution in [0.3, 0.4) is 0 Å². The van der Waals surface area contributed by atoms with Crippen LogP contribution in [0.2, 0.25) is 0 Å². The van der Waals surface area contributed by atoms with Gasteiger partial charge in [-0.05, 0) is 141 Å². The lowest BCUT2D eigenvalue weighted by atomic mass is 10.0. The van der Waals surface area contributed by atoms with Crippen LogP contribution in [0.15, 0.2) is 194 Å². The summed E-state index contributed by atoms with van der Waals surface area (Å²) in [5, 5.41) is 9.76. The number of carbonyl (C=O) groups excluding carboxylic acids is 2. The number of carbonyl (C=O) groups is 3. The molecule has 93 heavy (non-hydrogen) atoms. The number of hydrogen-bond donors (Lipinski definition) is 1. The molecule has 0 rings (SSSR count). The van der Waals surface area contributed by atoms with Gasteiger partial charge in [-0.15, -0.1) is 0 Å². The average molecular weight is 1290 g/mol. The van der Waals surface area contributed by atoms with Crippen LogP contribution in [0, 0.1) is 0 Å². The molecule has 0 saturated heterocycles. The Kier molecular flexibility index (Phi) is 67.4. The molecule has 9 heteroatoms. The monoisotopic (exact) mass is 1290 g/mol. The quantitative estimate of drug-likeness (QED) is 0.0211. The third-order valence-corrected chi connectivity index (χ3v) is 14.8. The van der Waals surface area contributed by atoms with Crippen molar-refractivity contribution >= 4 is 17.9 Å². The molecule has 0 aliphatic heterocycles. The highest BCUT2D eigenvalue weighted by molar-refractivity contribution is 5.71. The maximum Gasteiger partial charge on any atom is 0.361 e. The molecule has 0 saturated carbocycles. The summed E-state index contributed by atoms with van der Waals surface area (Å²) < 4.78 is 23.0. The lowest BCUT2D eigenvalue weighted by molar-refractivity contribution is -0.870. The first-order chi connectivity index (χ1) is 45.6. The molecule has 0 heterocycles. The highest BCUT2D eigenvalue weighted by Gasteiger charge is 2.25. The molecule has 9 nitrogen and oxygen atoms in total. The van der Waals surface area contributed by atoms with Crippen LogP contribution < -0.4 is 0 Å². The van der Waals surface area contributed by atoms with Crippen molar-refractivity contribution in [1.82, 2.24) is 0 Å². The summed E-state index contributed by atoms with van der Waals surface area (Å²) in [6, 6.07) is 0. The largest absolute Gasteiger partial charge is 0.477 e. The van der Waals surface area contributed by atoms with Crippen molar-refractivity contribution in [2.75, 3.05) is 47.5 Å². The molecule has 0 spiro atoms. The fraction of sp³-hybridized carbons (Fsp3) is 0.583. The number of rotatable bonds is 65. The Bertz CT molecular complexity index is 2230. The molecular formula is C84H134NO8+. The Morgan fingerprint density at radius 3 is 0.860 bits per heavy atom. The number of esters is 2. The first-order valence-electron chi connectivity index (χ1n) is 36.6. The minimum Gasteiger partial charge on any atom is -0.477 e. The van der Waals surface area contributed by atoms with Crippen LogP contribution in [0.5, 0.6) is 0 Å². The maximum absolute atomic E-state index is 13.0. The number of carboxylic acids is 1. The van der Waals surface area contributed by atoms with Crippen molar-refractivity contribution in [2.24, 2.45) is 0 Å². The van der Waals surface area contributed by atoms with E-state index in [1.165, 1.54) is 51.4 Å². The smallest absolute Gasteiger partial charge is 0.361 e. The van der Waals surface area contributed by atoms with E-state index in [1.807, 2.05) is 21.1 Å². The van der Waals surface area contributed by atoms with E-state index in [9.17, 15) is 19.5 Å². The van der Waals surface area contributed by atoms with Crippen LogP contribution >= 0.6 is 0 Å². The van der Waals surface area contributed by atoms with Gasteiger partial charge in [-0.3, -0.25) is 9.59 Å². The summed E-state index contributed by atoms with van der Waals surface area (Å²) in [7, 11) is 5.96. The summed E-state index contributed by atoms with van der Waals surface area (Å²) in [5.41, 5.74) is 0. The fourth-order valence-corrected chi connectivity index (χ4v) is 9.34. The second kappa shape index (κ2) is 72.0. The number of ether oxygens (including phenoxy) is 4. The number of nitrogens with zero attached hydrogens (tertiary/aromatic N) is 1. The van der Waals surface area contributed by atoms with Crippen LogP contribution in [-0.4, -0.2) is 87.4 Å². The number of carboxylic acid groups (broad SMARTS) is 1. The molecule has 2 atom stereocenters. The molecule has 2 unspecified atom stereocenters. The zero-order valence-corrected chi connectivity index (χ0v) is 59.6. The molecule has 0 fully saturated rings.